The van der Waals surface area contributed by atoms with Crippen molar-refractivity contribution >= 4 is 23.0 Å². The number of rotatable bonds is 5. The van der Waals surface area contributed by atoms with Crippen molar-refractivity contribution in [3.8, 4) is 11.4 Å². The average Bonchev–Trinajstić information content (AvgIpc) is 3.46. The maximum Gasteiger partial charge on any atom is 0.174 e. The van der Waals surface area contributed by atoms with Crippen LogP contribution in [0.3, 0.4) is 0 Å². The van der Waals surface area contributed by atoms with Crippen LogP contribution in [0.4, 0.5) is 5.69 Å². The SMILES string of the molecule is COc1cccc(-n2cccc2[C@@H]2[C@@H](c3ccccn3)NC(=S)N2c2ccc(C)c(C)c2)c1. The number of anilines is 1. The third-order valence-electron chi connectivity index (χ3n) is 6.28. The summed E-state index contributed by atoms with van der Waals surface area (Å²) in [6.45, 7) is 4.26. The molecule has 0 aliphatic carbocycles. The van der Waals surface area contributed by atoms with Crippen molar-refractivity contribution in [2.24, 2.45) is 0 Å². The van der Waals surface area contributed by atoms with Gasteiger partial charge in [0.2, 0.25) is 0 Å². The van der Waals surface area contributed by atoms with Crippen molar-refractivity contribution in [3.05, 3.63) is 108 Å². The van der Waals surface area contributed by atoms with E-state index in [0.717, 1.165) is 28.5 Å². The topological polar surface area (TPSA) is 42.3 Å². The first-order valence-electron chi connectivity index (χ1n) is 11.0. The summed E-state index contributed by atoms with van der Waals surface area (Å²) in [5.41, 5.74) is 6.66. The van der Waals surface area contributed by atoms with Crippen LogP contribution in [0.5, 0.6) is 5.75 Å². The molecular weight excluding hydrogens is 428 g/mol. The summed E-state index contributed by atoms with van der Waals surface area (Å²) in [6.07, 6.45) is 3.91. The van der Waals surface area contributed by atoms with Gasteiger partial charge in [-0.15, -0.1) is 0 Å². The zero-order chi connectivity index (χ0) is 22.9. The predicted octanol–water partition coefficient (Wildman–Crippen LogP) is 5.67. The molecule has 2 aromatic heterocycles. The molecule has 4 aromatic rings. The second-order valence-corrected chi connectivity index (χ2v) is 8.66. The first-order chi connectivity index (χ1) is 16.1. The van der Waals surface area contributed by atoms with Gasteiger partial charge in [0.05, 0.1) is 18.8 Å². The van der Waals surface area contributed by atoms with Crippen molar-refractivity contribution in [2.45, 2.75) is 25.9 Å². The first-order valence-corrected chi connectivity index (χ1v) is 11.4. The van der Waals surface area contributed by atoms with Gasteiger partial charge in [-0.25, -0.2) is 0 Å². The Morgan fingerprint density at radius 1 is 0.909 bits per heavy atom. The molecule has 166 valence electrons. The van der Waals surface area contributed by atoms with Gasteiger partial charge >= 0.3 is 0 Å². The monoisotopic (exact) mass is 454 g/mol. The summed E-state index contributed by atoms with van der Waals surface area (Å²) < 4.78 is 7.67. The van der Waals surface area contributed by atoms with Crippen molar-refractivity contribution in [2.75, 3.05) is 12.0 Å². The van der Waals surface area contributed by atoms with E-state index in [1.165, 1.54) is 11.1 Å². The van der Waals surface area contributed by atoms with E-state index in [1.807, 2.05) is 36.5 Å². The predicted molar refractivity (Wildman–Crippen MR) is 136 cm³/mol. The van der Waals surface area contributed by atoms with Crippen LogP contribution in [0.25, 0.3) is 5.69 Å². The van der Waals surface area contributed by atoms with E-state index in [1.54, 1.807) is 7.11 Å². The molecule has 1 N–H and O–H groups in total. The lowest BCUT2D eigenvalue weighted by molar-refractivity contribution is 0.414. The van der Waals surface area contributed by atoms with Gasteiger partial charge in [0.1, 0.15) is 11.8 Å². The number of thiocarbonyl (C=S) groups is 1. The van der Waals surface area contributed by atoms with Crippen LogP contribution in [-0.2, 0) is 0 Å². The molecule has 1 fully saturated rings. The smallest absolute Gasteiger partial charge is 0.174 e. The molecule has 2 aromatic carbocycles. The molecule has 2 atom stereocenters. The molecule has 3 heterocycles. The van der Waals surface area contributed by atoms with Gasteiger partial charge in [-0.1, -0.05) is 18.2 Å². The van der Waals surface area contributed by atoms with Crippen molar-refractivity contribution < 1.29 is 4.74 Å². The number of aryl methyl sites for hydroxylation is 2. The highest BCUT2D eigenvalue weighted by Crippen LogP contribution is 2.42. The fourth-order valence-corrected chi connectivity index (χ4v) is 4.79. The minimum absolute atomic E-state index is 0.0873. The molecule has 0 spiro atoms. The Morgan fingerprint density at radius 2 is 1.79 bits per heavy atom. The summed E-state index contributed by atoms with van der Waals surface area (Å²) in [6, 6.07) is 24.6. The van der Waals surface area contributed by atoms with Crippen LogP contribution in [0.1, 0.15) is 34.6 Å². The van der Waals surface area contributed by atoms with Gasteiger partial charge < -0.3 is 19.5 Å². The number of nitrogens with one attached hydrogen (secondary N) is 1. The van der Waals surface area contributed by atoms with Gasteiger partial charge in [-0.2, -0.15) is 0 Å². The Balaban J connectivity index is 1.67. The lowest BCUT2D eigenvalue weighted by Crippen LogP contribution is -2.30. The molecule has 0 saturated carbocycles. The van der Waals surface area contributed by atoms with Crippen molar-refractivity contribution in [3.63, 3.8) is 0 Å². The molecule has 1 saturated heterocycles. The zero-order valence-corrected chi connectivity index (χ0v) is 19.7. The third kappa shape index (κ3) is 3.87. The second-order valence-electron chi connectivity index (χ2n) is 8.27. The fourth-order valence-electron chi connectivity index (χ4n) is 4.44. The average molecular weight is 455 g/mol. The molecule has 0 radical (unpaired) electrons. The number of aromatic nitrogens is 2. The van der Waals surface area contributed by atoms with Gasteiger partial charge in [-0.05, 0) is 85.7 Å². The normalized spacial score (nSPS) is 17.8. The molecule has 5 nitrogen and oxygen atoms in total. The number of ether oxygens (including phenoxy) is 1. The van der Waals surface area contributed by atoms with Gasteiger partial charge in [-0.3, -0.25) is 4.98 Å². The highest BCUT2D eigenvalue weighted by atomic mass is 32.1. The lowest BCUT2D eigenvalue weighted by atomic mass is 10.00. The Morgan fingerprint density at radius 3 is 2.55 bits per heavy atom. The lowest BCUT2D eigenvalue weighted by Gasteiger charge is -2.29. The number of nitrogens with zero attached hydrogens (tertiary/aromatic N) is 3. The van der Waals surface area contributed by atoms with Crippen LogP contribution in [-0.4, -0.2) is 21.8 Å². The number of benzene rings is 2. The number of pyridine rings is 1. The molecule has 5 rings (SSSR count). The largest absolute Gasteiger partial charge is 0.497 e. The van der Waals surface area contributed by atoms with Gasteiger partial charge in [0.25, 0.3) is 0 Å². The summed E-state index contributed by atoms with van der Waals surface area (Å²) in [5, 5.41) is 4.24. The molecule has 1 aliphatic rings. The van der Waals surface area contributed by atoms with E-state index in [4.69, 9.17) is 17.0 Å². The third-order valence-corrected chi connectivity index (χ3v) is 6.60. The van der Waals surface area contributed by atoms with Crippen molar-refractivity contribution in [1.82, 2.24) is 14.9 Å². The Labute approximate surface area is 199 Å². The van der Waals surface area contributed by atoms with Crippen LogP contribution < -0.4 is 15.0 Å². The molecule has 0 amide bonds. The van der Waals surface area contributed by atoms with Crippen molar-refractivity contribution in [1.29, 1.82) is 0 Å². The maximum atomic E-state index is 5.88. The number of hydrogen-bond acceptors (Lipinski definition) is 3. The van der Waals surface area contributed by atoms with E-state index < -0.39 is 0 Å². The molecular formula is C27H26N4OS. The fraction of sp³-hybridized carbons (Fsp3) is 0.185. The Kier molecular flexibility index (Phi) is 5.60. The standard InChI is InChI=1S/C27H26N4OS/c1-18-12-13-21(16-19(18)2)31-26(25(29-27(31)33)23-10-4-5-14-28-23)24-11-7-15-30(24)20-8-6-9-22(17-20)32-3/h4-17,25-26H,1-3H3,(H,29,33)/t25-,26-/m1/s1. The van der Waals surface area contributed by atoms with E-state index in [0.29, 0.717) is 5.11 Å². The maximum absolute atomic E-state index is 5.88. The molecule has 33 heavy (non-hydrogen) atoms. The van der Waals surface area contributed by atoms with Gasteiger partial charge in [0.15, 0.2) is 5.11 Å². The molecule has 0 bridgehead atoms. The Bertz CT molecular complexity index is 1300. The highest BCUT2D eigenvalue weighted by molar-refractivity contribution is 7.80. The van der Waals surface area contributed by atoms with Crippen LogP contribution in [0.2, 0.25) is 0 Å². The molecule has 6 heteroatoms. The van der Waals surface area contributed by atoms with Crippen LogP contribution >= 0.6 is 12.2 Å². The highest BCUT2D eigenvalue weighted by Gasteiger charge is 2.42. The van der Waals surface area contributed by atoms with E-state index in [-0.39, 0.29) is 12.1 Å². The first kappa shape index (κ1) is 21.2. The van der Waals surface area contributed by atoms with Crippen LogP contribution in [0, 0.1) is 13.8 Å². The molecule has 1 aliphatic heterocycles. The quantitative estimate of drug-likeness (QED) is 0.393. The number of methoxy groups -OCH3 is 1. The Hall–Kier alpha value is -3.64. The van der Waals surface area contributed by atoms with E-state index >= 15 is 0 Å². The second kappa shape index (κ2) is 8.71. The minimum atomic E-state index is -0.0976. The molecule has 0 unspecified atom stereocenters. The van der Waals surface area contributed by atoms with Crippen LogP contribution in [0.15, 0.2) is 85.2 Å². The van der Waals surface area contributed by atoms with E-state index in [2.05, 4.69) is 82.3 Å². The summed E-state index contributed by atoms with van der Waals surface area (Å²) in [5.74, 6) is 0.819. The van der Waals surface area contributed by atoms with Gasteiger partial charge in [0, 0.05) is 35.5 Å². The minimum Gasteiger partial charge on any atom is -0.497 e. The zero-order valence-electron chi connectivity index (χ0n) is 18.9. The summed E-state index contributed by atoms with van der Waals surface area (Å²) >= 11 is 5.88. The van der Waals surface area contributed by atoms with E-state index in [9.17, 15) is 0 Å². The summed E-state index contributed by atoms with van der Waals surface area (Å²) in [7, 11) is 1.69. The number of hydrogen-bond donors (Lipinski definition) is 1. The summed E-state index contributed by atoms with van der Waals surface area (Å²) in [4.78, 5) is 6.88.